The molecule has 0 aliphatic carbocycles. The van der Waals surface area contributed by atoms with Crippen LogP contribution in [-0.2, 0) is 12.6 Å². The third kappa shape index (κ3) is 5.75. The molecule has 0 saturated carbocycles. The number of furan rings is 1. The Balaban J connectivity index is 1.36. The Bertz CT molecular complexity index is 812. The van der Waals surface area contributed by atoms with Crippen LogP contribution in [0.15, 0.2) is 47.1 Å². The van der Waals surface area contributed by atoms with Crippen LogP contribution in [0.25, 0.3) is 0 Å². The number of hydrogen-bond acceptors (Lipinski definition) is 3. The van der Waals surface area contributed by atoms with Crippen LogP contribution >= 0.6 is 0 Å². The van der Waals surface area contributed by atoms with Gasteiger partial charge in [-0.15, -0.1) is 0 Å². The molecule has 1 aromatic heterocycles. The van der Waals surface area contributed by atoms with Gasteiger partial charge in [-0.1, -0.05) is 12.1 Å². The molecule has 1 fully saturated rings. The molecule has 6 nitrogen and oxygen atoms in total. The van der Waals surface area contributed by atoms with Gasteiger partial charge in [-0.2, -0.15) is 13.2 Å². The summed E-state index contributed by atoms with van der Waals surface area (Å²) in [6, 6.07) is 7.81. The van der Waals surface area contributed by atoms with Gasteiger partial charge in [0.1, 0.15) is 0 Å². The molecule has 156 valence electrons. The van der Waals surface area contributed by atoms with Crippen molar-refractivity contribution in [1.82, 2.24) is 15.5 Å². The molecule has 9 heteroatoms. The first kappa shape index (κ1) is 20.8. The maximum Gasteiger partial charge on any atom is 0.416 e. The van der Waals surface area contributed by atoms with E-state index < -0.39 is 11.7 Å². The molecular weight excluding hydrogens is 387 g/mol. The molecule has 2 N–H and O–H groups in total. The zero-order valence-electron chi connectivity index (χ0n) is 15.7. The minimum absolute atomic E-state index is 0.0401. The SMILES string of the molecule is O=C(NCCc1ccc(C(F)(F)F)cc1)NC1CCN(C(=O)c2ccco2)CC1. The van der Waals surface area contributed by atoms with Crippen molar-refractivity contribution in [3.63, 3.8) is 0 Å². The second-order valence-electron chi connectivity index (χ2n) is 6.89. The summed E-state index contributed by atoms with van der Waals surface area (Å²) in [6.45, 7) is 1.36. The summed E-state index contributed by atoms with van der Waals surface area (Å²) in [5.74, 6) is 0.145. The fraction of sp³-hybridized carbons (Fsp3) is 0.400. The molecule has 0 unspecified atom stereocenters. The van der Waals surface area contributed by atoms with E-state index in [9.17, 15) is 22.8 Å². The highest BCUT2D eigenvalue weighted by atomic mass is 19.4. The molecule has 3 rings (SSSR count). The molecule has 0 spiro atoms. The highest BCUT2D eigenvalue weighted by Crippen LogP contribution is 2.29. The van der Waals surface area contributed by atoms with Crippen molar-refractivity contribution in [1.29, 1.82) is 0 Å². The summed E-state index contributed by atoms with van der Waals surface area (Å²) < 4.78 is 42.8. The number of carbonyl (C=O) groups excluding carboxylic acids is 2. The lowest BCUT2D eigenvalue weighted by Gasteiger charge is -2.31. The number of rotatable bonds is 5. The number of piperidine rings is 1. The molecule has 1 aliphatic rings. The Hall–Kier alpha value is -2.97. The zero-order valence-corrected chi connectivity index (χ0v) is 15.7. The first-order valence-electron chi connectivity index (χ1n) is 9.36. The van der Waals surface area contributed by atoms with Crippen LogP contribution in [0.3, 0.4) is 0 Å². The second kappa shape index (κ2) is 9.02. The number of hydrogen-bond donors (Lipinski definition) is 2. The summed E-state index contributed by atoms with van der Waals surface area (Å²) >= 11 is 0. The van der Waals surface area contributed by atoms with Crippen LogP contribution in [0.5, 0.6) is 0 Å². The molecule has 0 radical (unpaired) electrons. The van der Waals surface area contributed by atoms with Gasteiger partial charge in [-0.25, -0.2) is 4.79 Å². The fourth-order valence-electron chi connectivity index (χ4n) is 3.20. The van der Waals surface area contributed by atoms with Gasteiger partial charge in [0.2, 0.25) is 0 Å². The highest BCUT2D eigenvalue weighted by Gasteiger charge is 2.30. The number of nitrogens with zero attached hydrogens (tertiary/aromatic N) is 1. The van der Waals surface area contributed by atoms with Gasteiger partial charge in [-0.3, -0.25) is 4.79 Å². The van der Waals surface area contributed by atoms with Crippen LogP contribution in [0.2, 0.25) is 0 Å². The van der Waals surface area contributed by atoms with Crippen LogP contribution in [0.4, 0.5) is 18.0 Å². The largest absolute Gasteiger partial charge is 0.459 e. The van der Waals surface area contributed by atoms with Gasteiger partial charge >= 0.3 is 12.2 Å². The van der Waals surface area contributed by atoms with Gasteiger partial charge < -0.3 is 20.0 Å². The number of benzene rings is 1. The number of carbonyl (C=O) groups is 2. The van der Waals surface area contributed by atoms with Crippen molar-refractivity contribution >= 4 is 11.9 Å². The zero-order chi connectivity index (χ0) is 20.9. The second-order valence-corrected chi connectivity index (χ2v) is 6.89. The first-order chi connectivity index (χ1) is 13.8. The third-order valence-electron chi connectivity index (χ3n) is 4.83. The standard InChI is InChI=1S/C20H22F3N3O3/c21-20(22,23)15-5-3-14(4-6-15)7-10-24-19(28)25-16-8-11-26(12-9-16)18(27)17-2-1-13-29-17/h1-6,13,16H,7-12H2,(H2,24,25,28). The lowest BCUT2D eigenvalue weighted by molar-refractivity contribution is -0.137. The number of alkyl halides is 3. The number of amides is 3. The van der Waals surface area contributed by atoms with E-state index in [1.165, 1.54) is 18.4 Å². The summed E-state index contributed by atoms with van der Waals surface area (Å²) in [4.78, 5) is 25.9. The van der Waals surface area contributed by atoms with Gasteiger partial charge in [0, 0.05) is 25.7 Å². The molecule has 3 amide bonds. The lowest BCUT2D eigenvalue weighted by atomic mass is 10.0. The van der Waals surface area contributed by atoms with E-state index in [2.05, 4.69) is 10.6 Å². The number of likely N-dealkylation sites (tertiary alicyclic amines) is 1. The van der Waals surface area contributed by atoms with E-state index in [-0.39, 0.29) is 18.0 Å². The quantitative estimate of drug-likeness (QED) is 0.795. The Morgan fingerprint density at radius 2 is 1.79 bits per heavy atom. The lowest BCUT2D eigenvalue weighted by Crippen LogP contribution is -2.49. The average Bonchev–Trinajstić information content (AvgIpc) is 3.22. The maximum atomic E-state index is 12.5. The molecule has 1 saturated heterocycles. The van der Waals surface area contributed by atoms with Crippen molar-refractivity contribution in [3.05, 3.63) is 59.5 Å². The van der Waals surface area contributed by atoms with E-state index >= 15 is 0 Å². The molecule has 2 heterocycles. The van der Waals surface area contributed by atoms with Gasteiger partial charge in [0.25, 0.3) is 5.91 Å². The van der Waals surface area contributed by atoms with Crippen LogP contribution in [0.1, 0.15) is 34.5 Å². The van der Waals surface area contributed by atoms with Gasteiger partial charge in [-0.05, 0) is 49.1 Å². The van der Waals surface area contributed by atoms with Crippen molar-refractivity contribution in [3.8, 4) is 0 Å². The molecule has 2 aromatic rings. The Morgan fingerprint density at radius 3 is 2.38 bits per heavy atom. The molecular formula is C20H22F3N3O3. The third-order valence-corrected chi connectivity index (χ3v) is 4.83. The van der Waals surface area contributed by atoms with Gasteiger partial charge in [0.15, 0.2) is 5.76 Å². The highest BCUT2D eigenvalue weighted by molar-refractivity contribution is 5.91. The van der Waals surface area contributed by atoms with E-state index in [4.69, 9.17) is 4.42 Å². The molecule has 1 aliphatic heterocycles. The number of halogens is 3. The van der Waals surface area contributed by atoms with E-state index in [0.29, 0.717) is 50.2 Å². The molecule has 0 atom stereocenters. The number of urea groups is 1. The molecule has 1 aromatic carbocycles. The predicted molar refractivity (Wildman–Crippen MR) is 99.3 cm³/mol. The van der Waals surface area contributed by atoms with Crippen LogP contribution in [0, 0.1) is 0 Å². The Morgan fingerprint density at radius 1 is 1.10 bits per heavy atom. The molecule has 29 heavy (non-hydrogen) atoms. The normalized spacial score (nSPS) is 15.2. The minimum atomic E-state index is -4.35. The topological polar surface area (TPSA) is 74.6 Å². The van der Waals surface area contributed by atoms with Crippen molar-refractivity contribution in [2.24, 2.45) is 0 Å². The first-order valence-corrected chi connectivity index (χ1v) is 9.36. The Kier molecular flexibility index (Phi) is 6.46. The monoisotopic (exact) mass is 409 g/mol. The van der Waals surface area contributed by atoms with Crippen LogP contribution < -0.4 is 10.6 Å². The fourth-order valence-corrected chi connectivity index (χ4v) is 3.20. The summed E-state index contributed by atoms with van der Waals surface area (Å²) in [5, 5.41) is 5.58. The van der Waals surface area contributed by atoms with Crippen molar-refractivity contribution in [2.45, 2.75) is 31.5 Å². The predicted octanol–water partition coefficient (Wildman–Crippen LogP) is 3.44. The van der Waals surface area contributed by atoms with Gasteiger partial charge in [0.05, 0.1) is 11.8 Å². The minimum Gasteiger partial charge on any atom is -0.459 e. The van der Waals surface area contributed by atoms with E-state index in [1.54, 1.807) is 17.0 Å². The average molecular weight is 409 g/mol. The number of nitrogens with one attached hydrogen (secondary N) is 2. The summed E-state index contributed by atoms with van der Waals surface area (Å²) in [7, 11) is 0. The maximum absolute atomic E-state index is 12.5. The van der Waals surface area contributed by atoms with Crippen molar-refractivity contribution < 1.29 is 27.2 Å². The summed E-state index contributed by atoms with van der Waals surface area (Å²) in [5.41, 5.74) is 0.0203. The van der Waals surface area contributed by atoms with E-state index in [0.717, 1.165) is 12.1 Å². The van der Waals surface area contributed by atoms with E-state index in [1.807, 2.05) is 0 Å². The summed E-state index contributed by atoms with van der Waals surface area (Å²) in [6.07, 6.45) is -1.19. The Labute approximate surface area is 166 Å². The smallest absolute Gasteiger partial charge is 0.416 e. The molecule has 0 bridgehead atoms. The van der Waals surface area contributed by atoms with Crippen molar-refractivity contribution in [2.75, 3.05) is 19.6 Å². The van der Waals surface area contributed by atoms with Crippen LogP contribution in [-0.4, -0.2) is 42.5 Å².